The average Bonchev–Trinajstić information content (AvgIpc) is 3.00. The van der Waals surface area contributed by atoms with Crippen LogP contribution in [0.25, 0.3) is 4.96 Å². The molecule has 20 heavy (non-hydrogen) atoms. The lowest BCUT2D eigenvalue weighted by atomic mass is 10.3. The zero-order valence-corrected chi connectivity index (χ0v) is 13.8. The van der Waals surface area contributed by atoms with Gasteiger partial charge in [0.25, 0.3) is 0 Å². The maximum absolute atomic E-state index is 11.9. The van der Waals surface area contributed by atoms with Crippen molar-refractivity contribution in [2.24, 2.45) is 0 Å². The van der Waals surface area contributed by atoms with Gasteiger partial charge in [-0.25, -0.2) is 0 Å². The van der Waals surface area contributed by atoms with E-state index in [2.05, 4.69) is 43.2 Å². The standard InChI is InChI=1S/C11H8IN5OS2/c12-7-3-1-2-4-8(7)14-9(18)5-19-11-16-17-6-13-15-10(17)20-11/h1-4,6H,5H2,(H,14,18). The van der Waals surface area contributed by atoms with E-state index in [0.717, 1.165) is 18.6 Å². The van der Waals surface area contributed by atoms with Crippen LogP contribution in [0.4, 0.5) is 5.69 Å². The van der Waals surface area contributed by atoms with Crippen molar-refractivity contribution in [1.82, 2.24) is 19.8 Å². The molecular formula is C11H8IN5OS2. The topological polar surface area (TPSA) is 72.2 Å². The van der Waals surface area contributed by atoms with Crippen LogP contribution in [0.2, 0.25) is 0 Å². The number of para-hydroxylation sites is 1. The molecule has 0 spiro atoms. The fraction of sp³-hybridized carbons (Fsp3) is 0.0909. The SMILES string of the molecule is O=C(CSc1nn2cnnc2s1)Nc1ccccc1I. The fourth-order valence-electron chi connectivity index (χ4n) is 1.48. The molecule has 0 aliphatic rings. The third kappa shape index (κ3) is 3.10. The van der Waals surface area contributed by atoms with E-state index in [1.54, 1.807) is 10.8 Å². The van der Waals surface area contributed by atoms with Crippen LogP contribution in [0.5, 0.6) is 0 Å². The van der Waals surface area contributed by atoms with Crippen molar-refractivity contribution in [3.63, 3.8) is 0 Å². The number of halogens is 1. The molecule has 0 saturated carbocycles. The highest BCUT2D eigenvalue weighted by molar-refractivity contribution is 14.1. The van der Waals surface area contributed by atoms with Crippen molar-refractivity contribution in [3.8, 4) is 0 Å². The van der Waals surface area contributed by atoms with Crippen molar-refractivity contribution in [1.29, 1.82) is 0 Å². The van der Waals surface area contributed by atoms with Crippen LogP contribution < -0.4 is 5.32 Å². The smallest absolute Gasteiger partial charge is 0.235 e. The van der Waals surface area contributed by atoms with Crippen molar-refractivity contribution in [3.05, 3.63) is 34.2 Å². The van der Waals surface area contributed by atoms with Crippen molar-refractivity contribution in [2.75, 3.05) is 11.1 Å². The summed E-state index contributed by atoms with van der Waals surface area (Å²) in [6, 6.07) is 7.67. The number of anilines is 1. The first kappa shape index (κ1) is 13.8. The van der Waals surface area contributed by atoms with Gasteiger partial charge in [0.1, 0.15) is 6.33 Å². The van der Waals surface area contributed by atoms with Crippen LogP contribution in [0.1, 0.15) is 0 Å². The van der Waals surface area contributed by atoms with Gasteiger partial charge in [0.15, 0.2) is 4.34 Å². The molecule has 9 heteroatoms. The molecule has 1 aromatic carbocycles. The van der Waals surface area contributed by atoms with Gasteiger partial charge in [0, 0.05) is 3.57 Å². The number of nitrogens with zero attached hydrogens (tertiary/aromatic N) is 4. The van der Waals surface area contributed by atoms with E-state index in [4.69, 9.17) is 0 Å². The summed E-state index contributed by atoms with van der Waals surface area (Å²) in [5.74, 6) is 0.264. The van der Waals surface area contributed by atoms with Gasteiger partial charge in [0.05, 0.1) is 11.4 Å². The number of thioether (sulfide) groups is 1. The third-order valence-electron chi connectivity index (χ3n) is 2.34. The number of carbonyl (C=O) groups excluding carboxylic acids is 1. The molecule has 0 aliphatic heterocycles. The second-order valence-electron chi connectivity index (χ2n) is 3.74. The number of fused-ring (bicyclic) bond motifs is 1. The Labute approximate surface area is 136 Å². The lowest BCUT2D eigenvalue weighted by molar-refractivity contribution is -0.113. The van der Waals surface area contributed by atoms with Crippen LogP contribution in [0.3, 0.4) is 0 Å². The molecule has 0 radical (unpaired) electrons. The highest BCUT2D eigenvalue weighted by Crippen LogP contribution is 2.24. The lowest BCUT2D eigenvalue weighted by Crippen LogP contribution is -2.14. The molecule has 0 bridgehead atoms. The second-order valence-corrected chi connectivity index (χ2v) is 7.08. The van der Waals surface area contributed by atoms with Crippen LogP contribution >= 0.6 is 45.7 Å². The number of nitrogens with one attached hydrogen (secondary N) is 1. The summed E-state index contributed by atoms with van der Waals surface area (Å²) < 4.78 is 3.42. The van der Waals surface area contributed by atoms with E-state index in [-0.39, 0.29) is 5.91 Å². The maximum atomic E-state index is 11.9. The minimum Gasteiger partial charge on any atom is -0.324 e. The Morgan fingerprint density at radius 1 is 1.45 bits per heavy atom. The van der Waals surface area contributed by atoms with E-state index >= 15 is 0 Å². The van der Waals surface area contributed by atoms with Crippen molar-refractivity contribution in [2.45, 2.75) is 4.34 Å². The molecule has 2 heterocycles. The summed E-state index contributed by atoms with van der Waals surface area (Å²) in [6.07, 6.45) is 1.54. The summed E-state index contributed by atoms with van der Waals surface area (Å²) in [5, 5.41) is 14.8. The largest absolute Gasteiger partial charge is 0.324 e. The maximum Gasteiger partial charge on any atom is 0.235 e. The Balaban J connectivity index is 1.59. The first-order chi connectivity index (χ1) is 9.72. The molecular weight excluding hydrogens is 409 g/mol. The predicted molar refractivity (Wildman–Crippen MR) is 87.2 cm³/mol. The van der Waals surface area contributed by atoms with Gasteiger partial charge < -0.3 is 5.32 Å². The Hall–Kier alpha value is -1.20. The van der Waals surface area contributed by atoms with Crippen LogP contribution in [0, 0.1) is 3.57 Å². The van der Waals surface area contributed by atoms with Crippen LogP contribution in [-0.4, -0.2) is 31.5 Å². The molecule has 2 aromatic heterocycles. The first-order valence-corrected chi connectivity index (χ1v) is 8.44. The Morgan fingerprint density at radius 3 is 3.10 bits per heavy atom. The zero-order valence-electron chi connectivity index (χ0n) is 9.99. The third-order valence-corrected chi connectivity index (χ3v) is 5.33. The molecule has 102 valence electrons. The summed E-state index contributed by atoms with van der Waals surface area (Å²) in [5.41, 5.74) is 0.830. The summed E-state index contributed by atoms with van der Waals surface area (Å²) in [4.78, 5) is 12.6. The van der Waals surface area contributed by atoms with Gasteiger partial charge in [-0.2, -0.15) is 4.52 Å². The molecule has 0 unspecified atom stereocenters. The number of carbonyl (C=O) groups is 1. The van der Waals surface area contributed by atoms with Crippen molar-refractivity contribution >= 4 is 62.2 Å². The van der Waals surface area contributed by atoms with Gasteiger partial charge in [-0.3, -0.25) is 4.79 Å². The highest BCUT2D eigenvalue weighted by Gasteiger charge is 2.10. The molecule has 1 N–H and O–H groups in total. The minimum atomic E-state index is -0.0509. The monoisotopic (exact) mass is 417 g/mol. The molecule has 0 saturated heterocycles. The van der Waals surface area contributed by atoms with Gasteiger partial charge in [0.2, 0.25) is 10.9 Å². The number of hydrogen-bond donors (Lipinski definition) is 1. The van der Waals surface area contributed by atoms with Crippen LogP contribution in [-0.2, 0) is 4.79 Å². The fourth-order valence-corrected chi connectivity index (χ4v) is 3.66. The quantitative estimate of drug-likeness (QED) is 0.522. The number of hydrogen-bond acceptors (Lipinski definition) is 6. The second kappa shape index (κ2) is 6.06. The van der Waals surface area contributed by atoms with Gasteiger partial charge in [-0.05, 0) is 34.7 Å². The summed E-state index contributed by atoms with van der Waals surface area (Å²) >= 11 is 5.00. The Bertz CT molecular complexity index is 727. The van der Waals surface area contributed by atoms with Crippen LogP contribution in [0.15, 0.2) is 34.9 Å². The average molecular weight is 417 g/mol. The normalized spacial score (nSPS) is 10.8. The number of amides is 1. The van der Waals surface area contributed by atoms with Gasteiger partial charge >= 0.3 is 0 Å². The van der Waals surface area contributed by atoms with E-state index in [9.17, 15) is 4.79 Å². The van der Waals surface area contributed by atoms with E-state index in [1.807, 2.05) is 24.3 Å². The molecule has 0 atom stereocenters. The molecule has 3 aromatic rings. The lowest BCUT2D eigenvalue weighted by Gasteiger charge is -2.05. The summed E-state index contributed by atoms with van der Waals surface area (Å²) in [6.45, 7) is 0. The zero-order chi connectivity index (χ0) is 13.9. The Morgan fingerprint density at radius 2 is 2.30 bits per heavy atom. The first-order valence-electron chi connectivity index (χ1n) is 5.56. The Kier molecular flexibility index (Phi) is 4.17. The highest BCUT2D eigenvalue weighted by atomic mass is 127. The van der Waals surface area contributed by atoms with Crippen molar-refractivity contribution < 1.29 is 4.79 Å². The van der Waals surface area contributed by atoms with E-state index < -0.39 is 0 Å². The molecule has 6 nitrogen and oxygen atoms in total. The number of benzene rings is 1. The van der Waals surface area contributed by atoms with E-state index in [1.165, 1.54) is 23.1 Å². The van der Waals surface area contributed by atoms with E-state index in [0.29, 0.717) is 5.75 Å². The minimum absolute atomic E-state index is 0.0509. The number of rotatable bonds is 4. The van der Waals surface area contributed by atoms with Gasteiger partial charge in [-0.15, -0.1) is 15.3 Å². The molecule has 0 aliphatic carbocycles. The number of aromatic nitrogens is 4. The molecule has 0 fully saturated rings. The predicted octanol–water partition coefficient (Wildman–Crippen LogP) is 2.52. The molecule has 1 amide bonds. The van der Waals surface area contributed by atoms with Gasteiger partial charge in [-0.1, -0.05) is 35.2 Å². The molecule has 3 rings (SSSR count). The summed E-state index contributed by atoms with van der Waals surface area (Å²) in [7, 11) is 0.